The average Bonchev–Trinajstić information content (AvgIpc) is 2.38. The van der Waals surface area contributed by atoms with Gasteiger partial charge in [-0.2, -0.15) is 0 Å². The summed E-state index contributed by atoms with van der Waals surface area (Å²) in [7, 11) is 0. The molecule has 0 aliphatic carbocycles. The van der Waals surface area contributed by atoms with Crippen LogP contribution >= 0.6 is 0 Å². The zero-order valence-corrected chi connectivity index (χ0v) is 12.2. The second kappa shape index (κ2) is 6.38. The van der Waals surface area contributed by atoms with E-state index in [0.717, 1.165) is 11.3 Å². The van der Waals surface area contributed by atoms with E-state index in [-0.39, 0.29) is 11.9 Å². The third kappa shape index (κ3) is 3.95. The number of ether oxygens (including phenoxy) is 1. The first kappa shape index (κ1) is 14.3. The Bertz CT molecular complexity index is 600. The van der Waals surface area contributed by atoms with Crippen molar-refractivity contribution >= 4 is 5.78 Å². The van der Waals surface area contributed by atoms with Crippen molar-refractivity contribution in [2.75, 3.05) is 0 Å². The molecule has 0 fully saturated rings. The van der Waals surface area contributed by atoms with Crippen LogP contribution in [0.3, 0.4) is 0 Å². The maximum absolute atomic E-state index is 12.3. The molecule has 2 aromatic carbocycles. The summed E-state index contributed by atoms with van der Waals surface area (Å²) in [5.74, 6) is 0.861. The van der Waals surface area contributed by atoms with Gasteiger partial charge >= 0.3 is 0 Å². The van der Waals surface area contributed by atoms with Crippen LogP contribution in [0.1, 0.15) is 35.3 Å². The molecular weight excluding hydrogens is 248 g/mol. The molecule has 0 atom stereocenters. The summed E-state index contributed by atoms with van der Waals surface area (Å²) in [5, 5.41) is 0. The van der Waals surface area contributed by atoms with Gasteiger partial charge in [0, 0.05) is 12.0 Å². The lowest BCUT2D eigenvalue weighted by molar-refractivity contribution is 0.0992. The van der Waals surface area contributed by atoms with Crippen LogP contribution < -0.4 is 4.74 Å². The highest BCUT2D eigenvalue weighted by molar-refractivity contribution is 5.97. The lowest BCUT2D eigenvalue weighted by atomic mass is 10.0. The summed E-state index contributed by atoms with van der Waals surface area (Å²) in [6.07, 6.45) is 0.532. The van der Waals surface area contributed by atoms with Gasteiger partial charge in [0.15, 0.2) is 5.78 Å². The van der Waals surface area contributed by atoms with E-state index in [1.165, 1.54) is 5.56 Å². The largest absolute Gasteiger partial charge is 0.491 e. The van der Waals surface area contributed by atoms with E-state index >= 15 is 0 Å². The lowest BCUT2D eigenvalue weighted by Gasteiger charge is -2.10. The Balaban J connectivity index is 2.13. The summed E-state index contributed by atoms with van der Waals surface area (Å²) in [4.78, 5) is 12.3. The molecule has 0 saturated carbocycles. The van der Waals surface area contributed by atoms with E-state index in [9.17, 15) is 4.79 Å². The molecular formula is C18H20O2. The van der Waals surface area contributed by atoms with Gasteiger partial charge < -0.3 is 4.74 Å². The van der Waals surface area contributed by atoms with Crippen LogP contribution in [0.15, 0.2) is 48.5 Å². The number of benzene rings is 2. The fraction of sp³-hybridized carbons (Fsp3) is 0.278. The maximum Gasteiger partial charge on any atom is 0.167 e. The predicted octanol–water partition coefficient (Wildman–Crippen LogP) is 4.21. The molecule has 2 rings (SSSR count). The van der Waals surface area contributed by atoms with Crippen molar-refractivity contribution in [3.05, 3.63) is 65.2 Å². The van der Waals surface area contributed by atoms with Crippen molar-refractivity contribution in [2.45, 2.75) is 33.3 Å². The van der Waals surface area contributed by atoms with Crippen molar-refractivity contribution in [1.29, 1.82) is 0 Å². The molecule has 0 bridgehead atoms. The van der Waals surface area contributed by atoms with E-state index in [1.807, 2.05) is 69.3 Å². The molecule has 20 heavy (non-hydrogen) atoms. The van der Waals surface area contributed by atoms with Gasteiger partial charge in [-0.3, -0.25) is 4.79 Å². The molecule has 0 N–H and O–H groups in total. The molecule has 0 saturated heterocycles. The molecule has 104 valence electrons. The van der Waals surface area contributed by atoms with Crippen LogP contribution in [0.5, 0.6) is 5.75 Å². The normalized spacial score (nSPS) is 10.6. The minimum Gasteiger partial charge on any atom is -0.491 e. The molecule has 2 aromatic rings. The van der Waals surface area contributed by atoms with Gasteiger partial charge in [-0.05, 0) is 38.5 Å². The highest BCUT2D eigenvalue weighted by Crippen LogP contribution is 2.17. The Morgan fingerprint density at radius 2 is 1.85 bits per heavy atom. The molecule has 0 amide bonds. The number of carbonyl (C=O) groups excluding carboxylic acids is 1. The fourth-order valence-corrected chi connectivity index (χ4v) is 2.12. The van der Waals surface area contributed by atoms with Gasteiger partial charge in [0.05, 0.1) is 6.10 Å². The first-order valence-electron chi connectivity index (χ1n) is 6.90. The number of hydrogen-bond acceptors (Lipinski definition) is 2. The summed E-state index contributed by atoms with van der Waals surface area (Å²) in [6, 6.07) is 15.4. The first-order chi connectivity index (χ1) is 9.54. The third-order valence-electron chi connectivity index (χ3n) is 2.97. The summed E-state index contributed by atoms with van der Waals surface area (Å²) >= 11 is 0. The van der Waals surface area contributed by atoms with Gasteiger partial charge in [0.1, 0.15) is 5.75 Å². The third-order valence-corrected chi connectivity index (χ3v) is 2.97. The topological polar surface area (TPSA) is 26.3 Å². The standard InChI is InChI=1S/C18H20O2/c1-13(2)20-17-9-5-8-16(12-17)18(19)11-15-7-4-6-14(3)10-15/h4-10,12-13H,11H2,1-3H3. The molecule has 0 radical (unpaired) electrons. The number of hydrogen-bond donors (Lipinski definition) is 0. The minimum atomic E-state index is 0.108. The maximum atomic E-state index is 12.3. The van der Waals surface area contributed by atoms with Crippen molar-refractivity contribution in [3.63, 3.8) is 0 Å². The van der Waals surface area contributed by atoms with Gasteiger partial charge in [-0.15, -0.1) is 0 Å². The summed E-state index contributed by atoms with van der Waals surface area (Å²) in [6.45, 7) is 5.98. The van der Waals surface area contributed by atoms with Gasteiger partial charge in [0.25, 0.3) is 0 Å². The van der Waals surface area contributed by atoms with Crippen LogP contribution in [-0.4, -0.2) is 11.9 Å². The zero-order chi connectivity index (χ0) is 14.5. The number of Topliss-reactive ketones (excluding diaryl/α,β-unsaturated/α-hetero) is 1. The quantitative estimate of drug-likeness (QED) is 0.759. The minimum absolute atomic E-state index is 0.108. The van der Waals surface area contributed by atoms with Crippen LogP contribution in [0.25, 0.3) is 0 Å². The van der Waals surface area contributed by atoms with Crippen molar-refractivity contribution < 1.29 is 9.53 Å². The van der Waals surface area contributed by atoms with Crippen LogP contribution in [-0.2, 0) is 6.42 Å². The fourth-order valence-electron chi connectivity index (χ4n) is 2.12. The zero-order valence-electron chi connectivity index (χ0n) is 12.2. The van der Waals surface area contributed by atoms with Crippen LogP contribution in [0, 0.1) is 6.92 Å². The summed E-state index contributed by atoms with van der Waals surface area (Å²) < 4.78 is 5.62. The second-order valence-electron chi connectivity index (χ2n) is 5.28. The highest BCUT2D eigenvalue weighted by atomic mass is 16.5. The monoisotopic (exact) mass is 268 g/mol. The highest BCUT2D eigenvalue weighted by Gasteiger charge is 2.09. The number of rotatable bonds is 5. The van der Waals surface area contributed by atoms with Gasteiger partial charge in [-0.25, -0.2) is 0 Å². The lowest BCUT2D eigenvalue weighted by Crippen LogP contribution is -2.07. The molecule has 0 heterocycles. The number of ketones is 1. The van der Waals surface area contributed by atoms with Gasteiger partial charge in [-0.1, -0.05) is 42.0 Å². The number of carbonyl (C=O) groups is 1. The van der Waals surface area contributed by atoms with E-state index in [4.69, 9.17) is 4.74 Å². The average molecular weight is 268 g/mol. The van der Waals surface area contributed by atoms with E-state index in [0.29, 0.717) is 12.0 Å². The Kier molecular flexibility index (Phi) is 4.57. The van der Waals surface area contributed by atoms with Crippen molar-refractivity contribution in [2.24, 2.45) is 0 Å². The molecule has 0 aromatic heterocycles. The predicted molar refractivity (Wildman–Crippen MR) is 81.4 cm³/mol. The van der Waals surface area contributed by atoms with Crippen molar-refractivity contribution in [3.8, 4) is 5.75 Å². The van der Waals surface area contributed by atoms with E-state index in [1.54, 1.807) is 0 Å². The van der Waals surface area contributed by atoms with E-state index in [2.05, 4.69) is 0 Å². The second-order valence-corrected chi connectivity index (χ2v) is 5.28. The molecule has 0 aliphatic heterocycles. The SMILES string of the molecule is Cc1cccc(CC(=O)c2cccc(OC(C)C)c2)c1. The van der Waals surface area contributed by atoms with Crippen LogP contribution in [0.2, 0.25) is 0 Å². The Hall–Kier alpha value is -2.09. The summed E-state index contributed by atoms with van der Waals surface area (Å²) in [5.41, 5.74) is 2.92. The molecule has 0 unspecified atom stereocenters. The van der Waals surface area contributed by atoms with E-state index < -0.39 is 0 Å². The Morgan fingerprint density at radius 3 is 2.55 bits per heavy atom. The first-order valence-corrected chi connectivity index (χ1v) is 6.90. The molecule has 0 spiro atoms. The van der Waals surface area contributed by atoms with Crippen molar-refractivity contribution in [1.82, 2.24) is 0 Å². The Labute approximate surface area is 120 Å². The molecule has 2 nitrogen and oxygen atoms in total. The van der Waals surface area contributed by atoms with Crippen LogP contribution in [0.4, 0.5) is 0 Å². The van der Waals surface area contributed by atoms with Gasteiger partial charge in [0.2, 0.25) is 0 Å². The Morgan fingerprint density at radius 1 is 1.10 bits per heavy atom. The number of aryl methyl sites for hydroxylation is 1. The smallest absolute Gasteiger partial charge is 0.167 e. The molecule has 0 aliphatic rings. The molecule has 2 heteroatoms.